The Balaban J connectivity index is 0. The van der Waals surface area contributed by atoms with E-state index in [1.54, 1.807) is 17.8 Å². The third-order valence-electron chi connectivity index (χ3n) is 3.39. The number of benzene rings is 1. The van der Waals surface area contributed by atoms with Crippen LogP contribution in [0.4, 0.5) is 5.69 Å². The zero-order chi connectivity index (χ0) is 18.5. The van der Waals surface area contributed by atoms with E-state index in [0.717, 1.165) is 16.8 Å². The summed E-state index contributed by atoms with van der Waals surface area (Å²) in [6.07, 6.45) is 14.3. The van der Waals surface area contributed by atoms with Gasteiger partial charge in [-0.2, -0.15) is 0 Å². The molecule has 0 saturated heterocycles. The fourth-order valence-electron chi connectivity index (χ4n) is 2.05. The second-order valence-electron chi connectivity index (χ2n) is 4.97. The molecule has 0 aromatic heterocycles. The van der Waals surface area contributed by atoms with Crippen molar-refractivity contribution in [2.75, 3.05) is 12.0 Å². The molecule has 138 valence electrons. The van der Waals surface area contributed by atoms with Crippen LogP contribution in [0.25, 0.3) is 11.1 Å². The van der Waals surface area contributed by atoms with Gasteiger partial charge in [0.2, 0.25) is 0 Å². The number of hydrogen-bond acceptors (Lipinski definition) is 2. The first-order valence-electron chi connectivity index (χ1n) is 8.28. The molecule has 0 aliphatic rings. The van der Waals surface area contributed by atoms with Crippen LogP contribution in [-0.2, 0) is 0 Å². The van der Waals surface area contributed by atoms with E-state index in [4.69, 9.17) is 5.73 Å². The molecule has 0 radical (unpaired) electrons. The Hall–Kier alpha value is -1.93. The van der Waals surface area contributed by atoms with Crippen molar-refractivity contribution in [3.05, 3.63) is 77.3 Å². The number of nitrogens with two attached hydrogens (primary N) is 1. The first-order valence-corrected chi connectivity index (χ1v) is 9.50. The van der Waals surface area contributed by atoms with E-state index in [2.05, 4.69) is 57.1 Å². The molecule has 0 fully saturated rings. The summed E-state index contributed by atoms with van der Waals surface area (Å²) >= 11 is 1.75. The average molecular weight is 358 g/mol. The molecule has 2 heteroatoms. The van der Waals surface area contributed by atoms with Crippen molar-refractivity contribution in [3.8, 4) is 0 Å². The van der Waals surface area contributed by atoms with Crippen LogP contribution in [-0.4, -0.2) is 6.26 Å². The Bertz CT molecular complexity index is 646. The topological polar surface area (TPSA) is 26.0 Å². The molecule has 0 amide bonds. The number of allylic oxidation sites excluding steroid dienone is 9. The lowest BCUT2D eigenvalue weighted by Crippen LogP contribution is -1.94. The smallest absolute Gasteiger partial charge is 0.0320 e. The SMILES string of the molecule is C.C=C/C=C\C(=C/C)c1ccc(N)cc1/C(C)=C/C=C(\C)SC.CC. The van der Waals surface area contributed by atoms with E-state index in [1.165, 1.54) is 16.0 Å². The molecular formula is C23H35NS. The van der Waals surface area contributed by atoms with E-state index >= 15 is 0 Å². The number of thioether (sulfide) groups is 1. The first kappa shape index (κ1) is 25.3. The van der Waals surface area contributed by atoms with Crippen molar-refractivity contribution in [1.29, 1.82) is 0 Å². The van der Waals surface area contributed by atoms with Crippen molar-refractivity contribution in [2.45, 2.75) is 42.0 Å². The Morgan fingerprint density at radius 3 is 2.28 bits per heavy atom. The molecule has 0 atom stereocenters. The second-order valence-corrected chi connectivity index (χ2v) is 6.03. The van der Waals surface area contributed by atoms with Crippen LogP contribution in [0.5, 0.6) is 0 Å². The van der Waals surface area contributed by atoms with Gasteiger partial charge in [-0.15, -0.1) is 11.8 Å². The lowest BCUT2D eigenvalue weighted by atomic mass is 9.93. The normalized spacial score (nSPS) is 12.3. The molecule has 0 heterocycles. The Morgan fingerprint density at radius 1 is 1.12 bits per heavy atom. The average Bonchev–Trinajstić information content (AvgIpc) is 2.62. The highest BCUT2D eigenvalue weighted by molar-refractivity contribution is 8.02. The van der Waals surface area contributed by atoms with Gasteiger partial charge in [-0.3, -0.25) is 0 Å². The van der Waals surface area contributed by atoms with Crippen LogP contribution in [0, 0.1) is 0 Å². The highest BCUT2D eigenvalue weighted by Gasteiger charge is 2.07. The van der Waals surface area contributed by atoms with Gasteiger partial charge in [0.25, 0.3) is 0 Å². The fourth-order valence-corrected chi connectivity index (χ4v) is 2.26. The molecule has 1 rings (SSSR count). The summed E-state index contributed by atoms with van der Waals surface area (Å²) < 4.78 is 0. The van der Waals surface area contributed by atoms with Gasteiger partial charge < -0.3 is 5.73 Å². The quantitative estimate of drug-likeness (QED) is 0.416. The number of hydrogen-bond donors (Lipinski definition) is 1. The lowest BCUT2D eigenvalue weighted by molar-refractivity contribution is 1.50. The lowest BCUT2D eigenvalue weighted by Gasteiger charge is -2.12. The van der Waals surface area contributed by atoms with E-state index in [-0.39, 0.29) is 7.43 Å². The van der Waals surface area contributed by atoms with Crippen molar-refractivity contribution >= 4 is 28.6 Å². The van der Waals surface area contributed by atoms with Crippen LogP contribution in [0.3, 0.4) is 0 Å². The third-order valence-corrected chi connectivity index (χ3v) is 4.17. The highest BCUT2D eigenvalue weighted by Crippen LogP contribution is 2.29. The van der Waals surface area contributed by atoms with Gasteiger partial charge in [-0.1, -0.05) is 70.4 Å². The molecule has 0 aliphatic heterocycles. The van der Waals surface area contributed by atoms with Gasteiger partial charge >= 0.3 is 0 Å². The molecule has 0 unspecified atom stereocenters. The van der Waals surface area contributed by atoms with Gasteiger partial charge in [0.15, 0.2) is 0 Å². The van der Waals surface area contributed by atoms with Crippen molar-refractivity contribution in [1.82, 2.24) is 0 Å². The number of rotatable bonds is 6. The van der Waals surface area contributed by atoms with E-state index in [1.807, 2.05) is 39.0 Å². The Kier molecular flexibility index (Phi) is 14.6. The Labute approximate surface area is 160 Å². The summed E-state index contributed by atoms with van der Waals surface area (Å²) in [6, 6.07) is 6.06. The summed E-state index contributed by atoms with van der Waals surface area (Å²) in [5.41, 5.74) is 11.5. The predicted octanol–water partition coefficient (Wildman–Crippen LogP) is 7.75. The molecule has 0 saturated carbocycles. The minimum absolute atomic E-state index is 0. The fraction of sp³-hybridized carbons (Fsp3) is 0.304. The molecule has 1 nitrogen and oxygen atoms in total. The van der Waals surface area contributed by atoms with E-state index < -0.39 is 0 Å². The highest BCUT2D eigenvalue weighted by atomic mass is 32.2. The minimum Gasteiger partial charge on any atom is -0.399 e. The largest absolute Gasteiger partial charge is 0.399 e. The zero-order valence-electron chi connectivity index (χ0n) is 15.9. The number of anilines is 1. The predicted molar refractivity (Wildman–Crippen MR) is 123 cm³/mol. The monoisotopic (exact) mass is 357 g/mol. The summed E-state index contributed by atoms with van der Waals surface area (Å²) in [7, 11) is 0. The molecule has 0 aliphatic carbocycles. The van der Waals surface area contributed by atoms with Crippen LogP contribution >= 0.6 is 11.8 Å². The summed E-state index contributed by atoms with van der Waals surface area (Å²) in [5.74, 6) is 0. The number of nitrogen functional groups attached to an aromatic ring is 1. The molecule has 1 aromatic carbocycles. The molecule has 1 aromatic rings. The molecule has 0 bridgehead atoms. The van der Waals surface area contributed by atoms with Crippen molar-refractivity contribution < 1.29 is 0 Å². The third kappa shape index (κ3) is 8.64. The molecule has 2 N–H and O–H groups in total. The molecular weight excluding hydrogens is 322 g/mol. The summed E-state index contributed by atoms with van der Waals surface area (Å²) in [6.45, 7) is 14.0. The standard InChI is InChI=1S/C20H25NS.C2H6.CH4/c1-6-8-9-17(7-2)19-13-12-18(21)14-20(19)15(3)10-11-16(4)22-5;1-2;/h6-14H,1,21H2,2-5H3;1-2H3;1H4/b9-8-,15-10+,16-11+,17-7+;;. The van der Waals surface area contributed by atoms with Gasteiger partial charge in [0, 0.05) is 5.69 Å². The first-order chi connectivity index (χ1) is 11.5. The Morgan fingerprint density at radius 2 is 1.76 bits per heavy atom. The van der Waals surface area contributed by atoms with Crippen LogP contribution < -0.4 is 5.73 Å². The van der Waals surface area contributed by atoms with E-state index in [0.29, 0.717) is 0 Å². The molecule has 25 heavy (non-hydrogen) atoms. The second kappa shape index (κ2) is 14.4. The van der Waals surface area contributed by atoms with E-state index in [9.17, 15) is 0 Å². The van der Waals surface area contributed by atoms with Crippen LogP contribution in [0.2, 0.25) is 0 Å². The van der Waals surface area contributed by atoms with Gasteiger partial charge in [0.1, 0.15) is 0 Å². The van der Waals surface area contributed by atoms with Crippen molar-refractivity contribution in [2.24, 2.45) is 0 Å². The maximum Gasteiger partial charge on any atom is 0.0320 e. The van der Waals surface area contributed by atoms with Gasteiger partial charge in [-0.05, 0) is 66.3 Å². The molecule has 0 spiro atoms. The zero-order valence-corrected chi connectivity index (χ0v) is 16.7. The summed E-state index contributed by atoms with van der Waals surface area (Å²) in [5, 5.41) is 0. The van der Waals surface area contributed by atoms with Gasteiger partial charge in [0.05, 0.1) is 0 Å². The maximum atomic E-state index is 5.99. The van der Waals surface area contributed by atoms with Crippen molar-refractivity contribution in [3.63, 3.8) is 0 Å². The van der Waals surface area contributed by atoms with Crippen LogP contribution in [0.1, 0.15) is 53.2 Å². The minimum atomic E-state index is 0. The maximum absolute atomic E-state index is 5.99. The summed E-state index contributed by atoms with van der Waals surface area (Å²) in [4.78, 5) is 1.28. The van der Waals surface area contributed by atoms with Gasteiger partial charge in [-0.25, -0.2) is 0 Å². The van der Waals surface area contributed by atoms with Crippen LogP contribution in [0.15, 0.2) is 66.1 Å².